The minimum Gasteiger partial charge on any atom is -0.478 e. The largest absolute Gasteiger partial charge is 0.478 e. The molecule has 0 atom stereocenters. The molecule has 0 unspecified atom stereocenters. The number of carboxylic acids is 1. The van der Waals surface area contributed by atoms with Gasteiger partial charge in [0.25, 0.3) is 0 Å². The van der Waals surface area contributed by atoms with Crippen LogP contribution in [0.2, 0.25) is 0 Å². The molecule has 2 fully saturated rings. The summed E-state index contributed by atoms with van der Waals surface area (Å²) in [5.74, 6) is 0.0298. The standard InChI is InChI=1S/C24H26N6O2/c1-26-18-12-20(13-18)30-15-17(14-25)21-6-7-22(27-23(21)30)29-10-8-28(9-11-29)19-4-2-16(3-5-19)24(31)32/h2-7,15,18,20,26H,8-13H2,1H3,(H,31,32). The Balaban J connectivity index is 1.33. The first kappa shape index (κ1) is 20.3. The van der Waals surface area contributed by atoms with Gasteiger partial charge in [0.15, 0.2) is 0 Å². The highest BCUT2D eigenvalue weighted by Gasteiger charge is 2.31. The third-order valence-corrected chi connectivity index (χ3v) is 6.78. The number of piperazine rings is 1. The molecule has 0 amide bonds. The third kappa shape index (κ3) is 3.55. The first-order valence-corrected chi connectivity index (χ1v) is 11.0. The monoisotopic (exact) mass is 430 g/mol. The molecule has 164 valence electrons. The Hall–Kier alpha value is -3.57. The van der Waals surface area contributed by atoms with Gasteiger partial charge in [0.2, 0.25) is 0 Å². The van der Waals surface area contributed by atoms with Gasteiger partial charge in [-0.2, -0.15) is 5.26 Å². The Bertz CT molecular complexity index is 1180. The van der Waals surface area contributed by atoms with Crippen molar-refractivity contribution in [2.24, 2.45) is 0 Å². The van der Waals surface area contributed by atoms with Crippen LogP contribution >= 0.6 is 0 Å². The number of pyridine rings is 1. The molecule has 1 aliphatic heterocycles. The first-order chi connectivity index (χ1) is 15.6. The molecule has 0 spiro atoms. The quantitative estimate of drug-likeness (QED) is 0.642. The van der Waals surface area contributed by atoms with Crippen LogP contribution in [0.1, 0.15) is 34.8 Å². The number of nitriles is 1. The van der Waals surface area contributed by atoms with Gasteiger partial charge in [0.1, 0.15) is 17.5 Å². The first-order valence-electron chi connectivity index (χ1n) is 11.0. The lowest BCUT2D eigenvalue weighted by Gasteiger charge is -2.37. The zero-order valence-corrected chi connectivity index (χ0v) is 18.0. The number of carboxylic acid groups (broad SMARTS) is 1. The number of fused-ring (bicyclic) bond motifs is 1. The third-order valence-electron chi connectivity index (χ3n) is 6.78. The molecule has 1 aromatic carbocycles. The van der Waals surface area contributed by atoms with Crippen molar-refractivity contribution in [3.63, 3.8) is 0 Å². The minimum absolute atomic E-state index is 0.303. The van der Waals surface area contributed by atoms with E-state index in [0.29, 0.717) is 23.2 Å². The summed E-state index contributed by atoms with van der Waals surface area (Å²) in [6, 6.07) is 14.3. The molecule has 5 rings (SSSR count). The molecule has 0 radical (unpaired) electrons. The van der Waals surface area contributed by atoms with Crippen molar-refractivity contribution >= 4 is 28.5 Å². The number of nitrogens with one attached hydrogen (secondary N) is 1. The Morgan fingerprint density at radius 1 is 1.09 bits per heavy atom. The van der Waals surface area contributed by atoms with Gasteiger partial charge in [-0.25, -0.2) is 9.78 Å². The van der Waals surface area contributed by atoms with E-state index in [1.165, 1.54) is 0 Å². The molecule has 3 aromatic rings. The van der Waals surface area contributed by atoms with Crippen LogP contribution in [-0.2, 0) is 0 Å². The topological polar surface area (TPSA) is 97.4 Å². The van der Waals surface area contributed by atoms with Gasteiger partial charge in [0.05, 0.1) is 11.1 Å². The van der Waals surface area contributed by atoms with Crippen LogP contribution in [0.4, 0.5) is 11.5 Å². The fraction of sp³-hybridized carbons (Fsp3) is 0.375. The maximum atomic E-state index is 11.1. The van der Waals surface area contributed by atoms with Crippen molar-refractivity contribution in [1.29, 1.82) is 5.26 Å². The maximum Gasteiger partial charge on any atom is 0.335 e. The van der Waals surface area contributed by atoms with Crippen molar-refractivity contribution in [3.8, 4) is 6.07 Å². The minimum atomic E-state index is -0.907. The van der Waals surface area contributed by atoms with Crippen LogP contribution in [0.3, 0.4) is 0 Å². The Morgan fingerprint density at radius 3 is 2.41 bits per heavy atom. The van der Waals surface area contributed by atoms with E-state index in [1.54, 1.807) is 12.1 Å². The highest BCUT2D eigenvalue weighted by molar-refractivity contribution is 5.88. The number of hydrogen-bond acceptors (Lipinski definition) is 6. The van der Waals surface area contributed by atoms with Crippen LogP contribution in [-0.4, -0.2) is 59.9 Å². The molecule has 8 heteroatoms. The fourth-order valence-corrected chi connectivity index (χ4v) is 4.72. The molecule has 0 bridgehead atoms. The molecule has 32 heavy (non-hydrogen) atoms. The Labute approximate surface area is 186 Å². The van der Waals surface area contributed by atoms with Gasteiger partial charge in [-0.3, -0.25) is 0 Å². The molecule has 2 aliphatic rings. The Morgan fingerprint density at radius 2 is 1.78 bits per heavy atom. The second-order valence-electron chi connectivity index (χ2n) is 8.54. The molecule has 1 aliphatic carbocycles. The van der Waals surface area contributed by atoms with Crippen molar-refractivity contribution in [2.45, 2.75) is 24.9 Å². The number of anilines is 2. The van der Waals surface area contributed by atoms with Gasteiger partial charge in [-0.1, -0.05) is 0 Å². The van der Waals surface area contributed by atoms with E-state index >= 15 is 0 Å². The summed E-state index contributed by atoms with van der Waals surface area (Å²) >= 11 is 0. The number of benzene rings is 1. The molecular formula is C24H26N6O2. The van der Waals surface area contributed by atoms with E-state index in [2.05, 4.69) is 25.8 Å². The molecule has 3 heterocycles. The predicted molar refractivity (Wildman–Crippen MR) is 123 cm³/mol. The zero-order chi connectivity index (χ0) is 22.2. The van der Waals surface area contributed by atoms with Gasteiger partial charge in [0, 0.05) is 55.5 Å². The average Bonchev–Trinajstić information content (AvgIpc) is 3.16. The number of rotatable bonds is 5. The summed E-state index contributed by atoms with van der Waals surface area (Å²) in [6.07, 6.45) is 4.06. The molecular weight excluding hydrogens is 404 g/mol. The van der Waals surface area contributed by atoms with E-state index in [4.69, 9.17) is 10.1 Å². The number of aromatic carboxylic acids is 1. The highest BCUT2D eigenvalue weighted by Crippen LogP contribution is 2.36. The predicted octanol–water partition coefficient (Wildman–Crippen LogP) is 2.86. The van der Waals surface area contributed by atoms with Gasteiger partial charge in [-0.05, 0) is 56.3 Å². The molecule has 2 N–H and O–H groups in total. The lowest BCUT2D eigenvalue weighted by atomic mass is 9.87. The van der Waals surface area contributed by atoms with E-state index in [-0.39, 0.29) is 0 Å². The lowest BCUT2D eigenvalue weighted by molar-refractivity contribution is 0.0697. The van der Waals surface area contributed by atoms with Gasteiger partial charge >= 0.3 is 5.97 Å². The van der Waals surface area contributed by atoms with Gasteiger partial charge in [-0.15, -0.1) is 0 Å². The summed E-state index contributed by atoms with van der Waals surface area (Å²) < 4.78 is 2.19. The second kappa shape index (κ2) is 8.17. The van der Waals surface area contributed by atoms with Crippen LogP contribution < -0.4 is 15.1 Å². The smallest absolute Gasteiger partial charge is 0.335 e. The van der Waals surface area contributed by atoms with Crippen LogP contribution in [0.5, 0.6) is 0 Å². The highest BCUT2D eigenvalue weighted by atomic mass is 16.4. The normalized spacial score (nSPS) is 20.8. The second-order valence-corrected chi connectivity index (χ2v) is 8.54. The molecule has 8 nitrogen and oxygen atoms in total. The summed E-state index contributed by atoms with van der Waals surface area (Å²) in [6.45, 7) is 3.33. The SMILES string of the molecule is CNC1CC(n2cc(C#N)c3ccc(N4CCN(c5ccc(C(=O)O)cc5)CC4)nc32)C1. The zero-order valence-electron chi connectivity index (χ0n) is 18.0. The fourth-order valence-electron chi connectivity index (χ4n) is 4.72. The lowest BCUT2D eigenvalue weighted by Crippen LogP contribution is -2.46. The Kier molecular flexibility index (Phi) is 5.19. The maximum absolute atomic E-state index is 11.1. The molecule has 1 saturated carbocycles. The van der Waals surface area contributed by atoms with E-state index in [9.17, 15) is 10.1 Å². The van der Waals surface area contributed by atoms with Gasteiger partial charge < -0.3 is 24.8 Å². The van der Waals surface area contributed by atoms with Crippen LogP contribution in [0.25, 0.3) is 11.0 Å². The van der Waals surface area contributed by atoms with E-state index in [1.807, 2.05) is 37.5 Å². The summed E-state index contributed by atoms with van der Waals surface area (Å²) in [7, 11) is 1.99. The average molecular weight is 431 g/mol. The number of aromatic nitrogens is 2. The molecule has 1 saturated heterocycles. The van der Waals surface area contributed by atoms with Crippen molar-refractivity contribution in [2.75, 3.05) is 43.0 Å². The van der Waals surface area contributed by atoms with Crippen molar-refractivity contribution < 1.29 is 9.90 Å². The number of carbonyl (C=O) groups is 1. The van der Waals surface area contributed by atoms with Crippen LogP contribution in [0, 0.1) is 11.3 Å². The molecule has 2 aromatic heterocycles. The van der Waals surface area contributed by atoms with E-state index < -0.39 is 5.97 Å². The van der Waals surface area contributed by atoms with E-state index in [0.717, 1.165) is 61.6 Å². The van der Waals surface area contributed by atoms with Crippen molar-refractivity contribution in [3.05, 3.63) is 53.7 Å². The summed E-state index contributed by atoms with van der Waals surface area (Å²) in [5, 5.41) is 22.9. The summed E-state index contributed by atoms with van der Waals surface area (Å²) in [4.78, 5) is 20.6. The summed E-state index contributed by atoms with van der Waals surface area (Å²) in [5.41, 5.74) is 2.92. The number of nitrogens with zero attached hydrogens (tertiary/aromatic N) is 5. The van der Waals surface area contributed by atoms with Crippen molar-refractivity contribution in [1.82, 2.24) is 14.9 Å². The number of hydrogen-bond donors (Lipinski definition) is 2. The van der Waals surface area contributed by atoms with Crippen LogP contribution in [0.15, 0.2) is 42.6 Å².